The minimum atomic E-state index is -0.171. The molecule has 2 heterocycles. The number of nitrogens with zero attached hydrogens (tertiary/aromatic N) is 3. The van der Waals surface area contributed by atoms with Crippen molar-refractivity contribution in [2.75, 3.05) is 7.05 Å². The Morgan fingerprint density at radius 3 is 3.15 bits per heavy atom. The molecule has 2 rings (SSSR count). The lowest BCUT2D eigenvalue weighted by molar-refractivity contribution is 0.0959. The van der Waals surface area contributed by atoms with Crippen LogP contribution in [0.25, 0.3) is 10.3 Å². The second-order valence-electron chi connectivity index (χ2n) is 2.56. The van der Waals surface area contributed by atoms with Crippen LogP contribution in [0.3, 0.4) is 0 Å². The van der Waals surface area contributed by atoms with E-state index in [0.29, 0.717) is 5.69 Å². The monoisotopic (exact) mass is 196 g/mol. The molecule has 1 N–H and O–H groups in total. The topological polar surface area (TPSA) is 59.8 Å². The van der Waals surface area contributed by atoms with Gasteiger partial charge in [0.05, 0.1) is 5.51 Å². The van der Waals surface area contributed by atoms with Gasteiger partial charge in [-0.25, -0.2) is 9.67 Å². The summed E-state index contributed by atoms with van der Waals surface area (Å²) in [5.41, 5.74) is 2.91. The van der Waals surface area contributed by atoms with Gasteiger partial charge in [0.1, 0.15) is 4.70 Å². The Morgan fingerprint density at radius 2 is 2.46 bits per heavy atom. The fourth-order valence-electron chi connectivity index (χ4n) is 1.14. The summed E-state index contributed by atoms with van der Waals surface area (Å²) in [6, 6.07) is 0. The summed E-state index contributed by atoms with van der Waals surface area (Å²) in [6.07, 6.45) is 0. The second-order valence-corrected chi connectivity index (χ2v) is 3.41. The molecule has 0 aliphatic rings. The van der Waals surface area contributed by atoms with E-state index in [1.807, 2.05) is 0 Å². The number of carbonyl (C=O) groups is 1. The van der Waals surface area contributed by atoms with Crippen molar-refractivity contribution in [1.82, 2.24) is 20.1 Å². The minimum absolute atomic E-state index is 0.171. The molecular formula is C7H8N4OS. The highest BCUT2D eigenvalue weighted by molar-refractivity contribution is 7.17. The molecule has 68 valence electrons. The van der Waals surface area contributed by atoms with Gasteiger partial charge >= 0.3 is 0 Å². The van der Waals surface area contributed by atoms with Crippen LogP contribution >= 0.6 is 11.3 Å². The molecule has 0 bridgehead atoms. The number of thiazole rings is 1. The van der Waals surface area contributed by atoms with Crippen molar-refractivity contribution in [1.29, 1.82) is 0 Å². The summed E-state index contributed by atoms with van der Waals surface area (Å²) in [7, 11) is 3.36. The summed E-state index contributed by atoms with van der Waals surface area (Å²) in [4.78, 5) is 15.4. The van der Waals surface area contributed by atoms with Crippen LogP contribution in [0.1, 0.15) is 10.5 Å². The van der Waals surface area contributed by atoms with Gasteiger partial charge in [0, 0.05) is 14.1 Å². The lowest BCUT2D eigenvalue weighted by Crippen LogP contribution is -2.18. The fourth-order valence-corrected chi connectivity index (χ4v) is 1.94. The first-order chi connectivity index (χ1) is 6.24. The van der Waals surface area contributed by atoms with Crippen molar-refractivity contribution in [2.45, 2.75) is 0 Å². The Bertz CT molecular complexity index is 458. The predicted octanol–water partition coefficient (Wildman–Crippen LogP) is 0.389. The van der Waals surface area contributed by atoms with Gasteiger partial charge in [-0.05, 0) is 0 Å². The number of hydrogen-bond donors (Lipinski definition) is 1. The maximum atomic E-state index is 11.3. The summed E-state index contributed by atoms with van der Waals surface area (Å²) >= 11 is 1.42. The van der Waals surface area contributed by atoms with Gasteiger partial charge in [-0.1, -0.05) is 0 Å². The lowest BCUT2D eigenvalue weighted by Gasteiger charge is -1.91. The van der Waals surface area contributed by atoms with Gasteiger partial charge < -0.3 is 5.32 Å². The molecule has 0 radical (unpaired) electrons. The fraction of sp³-hybridized carbons (Fsp3) is 0.286. The maximum Gasteiger partial charge on any atom is 0.273 e. The number of fused-ring (bicyclic) bond motifs is 1. The Hall–Kier alpha value is -1.43. The Labute approximate surface area is 78.4 Å². The Balaban J connectivity index is 2.68. The Kier molecular flexibility index (Phi) is 1.77. The molecule has 0 spiro atoms. The van der Waals surface area contributed by atoms with Crippen molar-refractivity contribution < 1.29 is 4.79 Å². The number of nitrogens with one attached hydrogen (secondary N) is 1. The zero-order chi connectivity index (χ0) is 9.42. The highest BCUT2D eigenvalue weighted by atomic mass is 32.1. The number of hydrogen-bond acceptors (Lipinski definition) is 4. The SMILES string of the molecule is CNC(=O)c1nn(C)c2ncsc12. The van der Waals surface area contributed by atoms with E-state index >= 15 is 0 Å². The van der Waals surface area contributed by atoms with Crippen LogP contribution in [-0.4, -0.2) is 27.7 Å². The summed E-state index contributed by atoms with van der Waals surface area (Å²) in [5, 5.41) is 6.61. The average Bonchev–Trinajstić information content (AvgIpc) is 2.68. The van der Waals surface area contributed by atoms with E-state index in [4.69, 9.17) is 0 Å². The van der Waals surface area contributed by atoms with Crippen LogP contribution in [0.4, 0.5) is 0 Å². The molecule has 13 heavy (non-hydrogen) atoms. The molecule has 0 aliphatic carbocycles. The molecule has 0 saturated heterocycles. The minimum Gasteiger partial charge on any atom is -0.354 e. The standard InChI is InChI=1S/C7H8N4OS/c1-8-7(12)4-5-6(9-3-13-5)11(2)10-4/h3H,1-2H3,(H,8,12). The van der Waals surface area contributed by atoms with Crippen molar-refractivity contribution >= 4 is 27.6 Å². The largest absolute Gasteiger partial charge is 0.354 e. The second kappa shape index (κ2) is 2.81. The van der Waals surface area contributed by atoms with E-state index in [9.17, 15) is 4.79 Å². The summed E-state index contributed by atoms with van der Waals surface area (Å²) in [5.74, 6) is -0.171. The molecule has 5 nitrogen and oxygen atoms in total. The van der Waals surface area contributed by atoms with E-state index in [-0.39, 0.29) is 5.91 Å². The molecule has 0 atom stereocenters. The van der Waals surface area contributed by atoms with E-state index in [1.165, 1.54) is 11.3 Å². The van der Waals surface area contributed by atoms with E-state index < -0.39 is 0 Å². The van der Waals surface area contributed by atoms with Crippen LogP contribution in [0.5, 0.6) is 0 Å². The molecule has 0 aromatic carbocycles. The normalized spacial score (nSPS) is 10.6. The van der Waals surface area contributed by atoms with Crippen LogP contribution < -0.4 is 5.32 Å². The molecule has 2 aromatic heterocycles. The van der Waals surface area contributed by atoms with Gasteiger partial charge in [0.2, 0.25) is 0 Å². The third-order valence-electron chi connectivity index (χ3n) is 1.76. The molecule has 1 amide bonds. The molecule has 2 aromatic rings. The molecule has 6 heteroatoms. The average molecular weight is 196 g/mol. The van der Waals surface area contributed by atoms with Crippen molar-refractivity contribution in [3.8, 4) is 0 Å². The van der Waals surface area contributed by atoms with Crippen molar-refractivity contribution in [3.05, 3.63) is 11.2 Å². The van der Waals surface area contributed by atoms with Gasteiger partial charge in [-0.2, -0.15) is 5.10 Å². The number of amides is 1. The first-order valence-electron chi connectivity index (χ1n) is 3.72. The van der Waals surface area contributed by atoms with E-state index in [2.05, 4.69) is 15.4 Å². The number of rotatable bonds is 1. The molecule has 0 fully saturated rings. The number of aryl methyl sites for hydroxylation is 1. The van der Waals surface area contributed by atoms with Gasteiger partial charge in [0.25, 0.3) is 5.91 Å². The smallest absolute Gasteiger partial charge is 0.273 e. The number of aromatic nitrogens is 3. The third kappa shape index (κ3) is 1.10. The molecule has 0 unspecified atom stereocenters. The number of carbonyl (C=O) groups excluding carboxylic acids is 1. The zero-order valence-electron chi connectivity index (χ0n) is 7.24. The third-order valence-corrected chi connectivity index (χ3v) is 2.58. The Morgan fingerprint density at radius 1 is 1.69 bits per heavy atom. The van der Waals surface area contributed by atoms with Gasteiger partial charge in [0.15, 0.2) is 11.3 Å². The molecule has 0 saturated carbocycles. The van der Waals surface area contributed by atoms with Crippen LogP contribution in [0, 0.1) is 0 Å². The van der Waals surface area contributed by atoms with Crippen molar-refractivity contribution in [3.63, 3.8) is 0 Å². The molecule has 0 aliphatic heterocycles. The first kappa shape index (κ1) is 8.18. The molecular weight excluding hydrogens is 188 g/mol. The van der Waals surface area contributed by atoms with Crippen LogP contribution in [0.15, 0.2) is 5.51 Å². The van der Waals surface area contributed by atoms with Crippen molar-refractivity contribution in [2.24, 2.45) is 7.05 Å². The summed E-state index contributed by atoms with van der Waals surface area (Å²) in [6.45, 7) is 0. The summed E-state index contributed by atoms with van der Waals surface area (Å²) < 4.78 is 2.44. The van der Waals surface area contributed by atoms with E-state index in [1.54, 1.807) is 24.3 Å². The predicted molar refractivity (Wildman–Crippen MR) is 49.8 cm³/mol. The lowest BCUT2D eigenvalue weighted by atomic mass is 10.4. The maximum absolute atomic E-state index is 11.3. The van der Waals surface area contributed by atoms with Gasteiger partial charge in [-0.3, -0.25) is 4.79 Å². The highest BCUT2D eigenvalue weighted by Crippen LogP contribution is 2.20. The van der Waals surface area contributed by atoms with Crippen LogP contribution in [-0.2, 0) is 7.05 Å². The van der Waals surface area contributed by atoms with E-state index in [0.717, 1.165) is 10.3 Å². The van der Waals surface area contributed by atoms with Gasteiger partial charge in [-0.15, -0.1) is 11.3 Å². The van der Waals surface area contributed by atoms with Crippen LogP contribution in [0.2, 0.25) is 0 Å². The quantitative estimate of drug-likeness (QED) is 0.717. The zero-order valence-corrected chi connectivity index (χ0v) is 8.05. The highest BCUT2D eigenvalue weighted by Gasteiger charge is 2.16. The first-order valence-corrected chi connectivity index (χ1v) is 4.60.